The van der Waals surface area contributed by atoms with Crippen molar-refractivity contribution in [2.45, 2.75) is 0 Å². The van der Waals surface area contributed by atoms with E-state index in [0.29, 0.717) is 5.56 Å². The molecule has 84 heavy (non-hydrogen) atoms. The third kappa shape index (κ3) is 7.90. The van der Waals surface area contributed by atoms with E-state index in [4.69, 9.17) is 0 Å². The van der Waals surface area contributed by atoms with Crippen LogP contribution in [-0.4, -0.2) is 16.3 Å². The summed E-state index contributed by atoms with van der Waals surface area (Å²) in [7, 11) is 0. The normalized spacial score (nSPS) is 12.2. The summed E-state index contributed by atoms with van der Waals surface area (Å²) in [5, 5.41) is 12.7. The van der Waals surface area contributed by atoms with Gasteiger partial charge in [0.2, 0.25) is 0 Å². The van der Waals surface area contributed by atoms with Crippen LogP contribution in [0.2, 0.25) is 0 Å². The number of anilines is 6. The Morgan fingerprint density at radius 1 is 0.333 bits per heavy atom. The molecule has 0 bridgehead atoms. The van der Waals surface area contributed by atoms with Crippen molar-refractivity contribution in [2.75, 3.05) is 9.80 Å². The molecule has 390 valence electrons. The number of para-hydroxylation sites is 4. The van der Waals surface area contributed by atoms with Crippen LogP contribution in [0, 0.1) is 11.3 Å². The van der Waals surface area contributed by atoms with Gasteiger partial charge in [-0.1, -0.05) is 237 Å². The van der Waals surface area contributed by atoms with Crippen molar-refractivity contribution >= 4 is 79.0 Å². The van der Waals surface area contributed by atoms with Gasteiger partial charge < -0.3 is 14.4 Å². The maximum Gasteiger partial charge on any atom is 0.252 e. The fraction of sp³-hybridized carbons (Fsp3) is 0. The second-order valence-electron chi connectivity index (χ2n) is 21.7. The molecule has 0 N–H and O–H groups in total. The van der Waals surface area contributed by atoms with Crippen LogP contribution in [-0.2, 0) is 0 Å². The summed E-state index contributed by atoms with van der Waals surface area (Å²) in [5.41, 5.74) is 26.9. The first-order valence-electron chi connectivity index (χ1n) is 28.6. The molecule has 0 atom stereocenters. The van der Waals surface area contributed by atoms with Gasteiger partial charge in [-0.25, -0.2) is 0 Å². The second-order valence-corrected chi connectivity index (χ2v) is 21.7. The van der Waals surface area contributed by atoms with E-state index >= 15 is 0 Å². The van der Waals surface area contributed by atoms with Crippen molar-refractivity contribution in [1.29, 1.82) is 5.26 Å². The summed E-state index contributed by atoms with van der Waals surface area (Å²) in [6.45, 7) is -0.288. The number of benzene rings is 12. The lowest BCUT2D eigenvalue weighted by Gasteiger charge is -2.46. The van der Waals surface area contributed by atoms with Crippen molar-refractivity contribution in [3.05, 3.63) is 309 Å². The molecule has 0 unspecified atom stereocenters. The highest BCUT2D eigenvalue weighted by atomic mass is 15.2. The third-order valence-corrected chi connectivity index (χ3v) is 17.1. The lowest BCUT2D eigenvalue weighted by Crippen LogP contribution is -2.61. The van der Waals surface area contributed by atoms with Crippen LogP contribution in [0.15, 0.2) is 304 Å². The van der Waals surface area contributed by atoms with Crippen molar-refractivity contribution in [2.24, 2.45) is 0 Å². The topological polar surface area (TPSA) is 48.1 Å². The average molecular weight is 1070 g/mol. The summed E-state index contributed by atoms with van der Waals surface area (Å²) < 4.78 is 2.48. The van der Waals surface area contributed by atoms with Crippen LogP contribution in [0.5, 0.6) is 0 Å². The largest absolute Gasteiger partial charge is 0.310 e. The van der Waals surface area contributed by atoms with Gasteiger partial charge in [0, 0.05) is 68.2 Å². The molecule has 0 amide bonds. The van der Waals surface area contributed by atoms with Crippen molar-refractivity contribution in [3.8, 4) is 78.5 Å². The number of hydrogen-bond donors (Lipinski definition) is 0. The van der Waals surface area contributed by atoms with Crippen molar-refractivity contribution in [1.82, 2.24) is 9.55 Å². The van der Waals surface area contributed by atoms with Gasteiger partial charge in [0.15, 0.2) is 0 Å². The van der Waals surface area contributed by atoms with E-state index in [2.05, 4.69) is 292 Å². The SMILES string of the molecule is N#Cc1cccc(-c2ccc3c(c2)B2c4cc(-c5cccnc5)ccc4N(c4c(-c5ccccc5)cccc4-c4ccccc4)c4cc(-n5c6ccccc6c6ccccc65)cc(c42)N3c2c(-c3ccccc3)cccc2-c2ccccc2)c1. The Labute approximate surface area is 488 Å². The van der Waals surface area contributed by atoms with Gasteiger partial charge in [0.25, 0.3) is 6.71 Å². The number of nitriles is 1. The first-order chi connectivity index (χ1) is 41.7. The molecule has 16 rings (SSSR count). The van der Waals surface area contributed by atoms with Crippen LogP contribution in [0.3, 0.4) is 0 Å². The maximum absolute atomic E-state index is 10.3. The van der Waals surface area contributed by atoms with Gasteiger partial charge in [-0.15, -0.1) is 0 Å². The number of aromatic nitrogens is 2. The van der Waals surface area contributed by atoms with Gasteiger partial charge in [0.05, 0.1) is 39.7 Å². The number of rotatable bonds is 9. The molecule has 2 aliphatic rings. The predicted octanol–water partition coefficient (Wildman–Crippen LogP) is 18.1. The standard InChI is InChI=1S/C78H50BN5/c80-50-52-21-17-30-57(45-52)58-40-42-72-68(46-58)79-69-47-59(60-31-20-44-81-51-60)41-43-73(69)84(78-64(55-26-9-3-10-27-55)36-19-37-65(78)56-28-11-4-12-29-56)75-49-61(82-70-38-15-13-32-66(70)67-33-14-16-39-71(67)82)48-74(76(75)79)83(72)77-62(53-22-5-1-6-23-53)34-18-35-63(77)54-24-7-2-8-25-54/h1-49,51H. The molecule has 0 saturated carbocycles. The first-order valence-corrected chi connectivity index (χ1v) is 28.6. The molecule has 6 heteroatoms. The Balaban J connectivity index is 1.12. The van der Waals surface area contributed by atoms with Gasteiger partial charge in [-0.3, -0.25) is 4.98 Å². The van der Waals surface area contributed by atoms with Crippen molar-refractivity contribution < 1.29 is 0 Å². The average Bonchev–Trinajstić information content (AvgIpc) is 1.13. The first kappa shape index (κ1) is 48.6. The van der Waals surface area contributed by atoms with Crippen LogP contribution in [0.4, 0.5) is 34.1 Å². The molecular formula is C78H50BN5. The van der Waals surface area contributed by atoms with E-state index in [-0.39, 0.29) is 6.71 Å². The van der Waals surface area contributed by atoms with Crippen molar-refractivity contribution in [3.63, 3.8) is 0 Å². The smallest absolute Gasteiger partial charge is 0.252 e. The van der Waals surface area contributed by atoms with Gasteiger partial charge in [-0.05, 0) is 115 Å². The molecule has 0 saturated heterocycles. The summed E-state index contributed by atoms with van der Waals surface area (Å²) in [6.07, 6.45) is 3.82. The monoisotopic (exact) mass is 1070 g/mol. The van der Waals surface area contributed by atoms with E-state index < -0.39 is 0 Å². The third-order valence-electron chi connectivity index (χ3n) is 17.1. The molecule has 14 aromatic rings. The predicted molar refractivity (Wildman–Crippen MR) is 350 cm³/mol. The quantitative estimate of drug-likeness (QED) is 0.135. The summed E-state index contributed by atoms with van der Waals surface area (Å²) >= 11 is 0. The number of pyridine rings is 1. The van der Waals surface area contributed by atoms with Gasteiger partial charge in [0.1, 0.15) is 0 Å². The minimum Gasteiger partial charge on any atom is -0.310 e. The zero-order chi connectivity index (χ0) is 55.7. The van der Waals surface area contributed by atoms with E-state index in [9.17, 15) is 5.26 Å². The van der Waals surface area contributed by atoms with Crippen LogP contribution in [0.1, 0.15) is 5.56 Å². The number of fused-ring (bicyclic) bond motifs is 7. The Morgan fingerprint density at radius 3 is 1.19 bits per heavy atom. The fourth-order valence-corrected chi connectivity index (χ4v) is 13.4. The van der Waals surface area contributed by atoms with E-state index in [0.717, 1.165) is 123 Å². The number of hydrogen-bond acceptors (Lipinski definition) is 4. The summed E-state index contributed by atoms with van der Waals surface area (Å²) in [5.74, 6) is 0. The summed E-state index contributed by atoms with van der Waals surface area (Å²) in [6, 6.07) is 108. The maximum atomic E-state index is 10.3. The summed E-state index contributed by atoms with van der Waals surface area (Å²) in [4.78, 5) is 9.86. The Bertz CT molecular complexity index is 4730. The Hall–Kier alpha value is -11.3. The minimum atomic E-state index is -0.288. The molecule has 2 aromatic heterocycles. The molecule has 0 radical (unpaired) electrons. The number of nitrogens with zero attached hydrogens (tertiary/aromatic N) is 5. The van der Waals surface area contributed by atoms with Crippen LogP contribution >= 0.6 is 0 Å². The van der Waals surface area contributed by atoms with Gasteiger partial charge in [-0.2, -0.15) is 5.26 Å². The highest BCUT2D eigenvalue weighted by molar-refractivity contribution is 7.00. The van der Waals surface area contributed by atoms with Crippen LogP contribution < -0.4 is 26.2 Å². The lowest BCUT2D eigenvalue weighted by atomic mass is 9.33. The van der Waals surface area contributed by atoms with E-state index in [1.165, 1.54) is 21.7 Å². The molecule has 2 aliphatic heterocycles. The molecule has 12 aromatic carbocycles. The van der Waals surface area contributed by atoms with E-state index in [1.54, 1.807) is 0 Å². The molecular weight excluding hydrogens is 1020 g/mol. The highest BCUT2D eigenvalue weighted by Crippen LogP contribution is 2.54. The Kier molecular flexibility index (Phi) is 11.6. The molecule has 0 aliphatic carbocycles. The minimum absolute atomic E-state index is 0.288. The molecule has 0 fully saturated rings. The molecule has 5 nitrogen and oxygen atoms in total. The second kappa shape index (κ2) is 20.1. The van der Waals surface area contributed by atoms with E-state index in [1.807, 2.05) is 36.7 Å². The highest BCUT2D eigenvalue weighted by Gasteiger charge is 2.46. The van der Waals surface area contributed by atoms with Gasteiger partial charge >= 0.3 is 0 Å². The molecule has 4 heterocycles. The zero-order valence-corrected chi connectivity index (χ0v) is 45.7. The molecule has 0 spiro atoms. The zero-order valence-electron chi connectivity index (χ0n) is 45.7. The van der Waals surface area contributed by atoms with Crippen LogP contribution in [0.25, 0.3) is 94.3 Å². The Morgan fingerprint density at radius 2 is 0.738 bits per heavy atom. The lowest BCUT2D eigenvalue weighted by molar-refractivity contribution is 1.16. The fourth-order valence-electron chi connectivity index (χ4n) is 13.4.